The molecule has 0 radical (unpaired) electrons. The lowest BCUT2D eigenvalue weighted by Gasteiger charge is -2.07. The summed E-state index contributed by atoms with van der Waals surface area (Å²) in [5, 5.41) is 8.49. The lowest BCUT2D eigenvalue weighted by Crippen LogP contribution is -2.04. The van der Waals surface area contributed by atoms with Gasteiger partial charge in [0.2, 0.25) is 0 Å². The van der Waals surface area contributed by atoms with Crippen LogP contribution in [0.5, 0.6) is 5.75 Å². The minimum atomic E-state index is -0.357. The summed E-state index contributed by atoms with van der Waals surface area (Å²) in [6, 6.07) is 17.4. The van der Waals surface area contributed by atoms with Crippen LogP contribution in [-0.4, -0.2) is 21.0 Å². The molecular formula is C17H14IN3O2. The first-order chi connectivity index (χ1) is 11.1. The second-order valence-electron chi connectivity index (χ2n) is 4.96. The molecule has 116 valence electrons. The number of esters is 1. The molecule has 1 aromatic heterocycles. The lowest BCUT2D eigenvalue weighted by atomic mass is 10.1. The van der Waals surface area contributed by atoms with Crippen LogP contribution >= 0.6 is 22.6 Å². The van der Waals surface area contributed by atoms with Crippen molar-refractivity contribution >= 4 is 28.6 Å². The predicted molar refractivity (Wildman–Crippen MR) is 95.0 cm³/mol. The molecule has 0 bridgehead atoms. The highest BCUT2D eigenvalue weighted by Gasteiger charge is 2.17. The van der Waals surface area contributed by atoms with Crippen molar-refractivity contribution in [3.05, 3.63) is 63.9 Å². The van der Waals surface area contributed by atoms with Gasteiger partial charge in [0.15, 0.2) is 0 Å². The molecule has 6 heteroatoms. The van der Waals surface area contributed by atoms with Crippen LogP contribution in [0.15, 0.2) is 54.6 Å². The molecule has 0 fully saturated rings. The second kappa shape index (κ2) is 6.91. The standard InChI is InChI=1S/C17H14IN3O2/c1-12(22)23-15-10-6-5-9-14(15)16-17(18)21(20-19-16)11-13-7-3-2-4-8-13/h2-10H,11H2,1H3. The Morgan fingerprint density at radius 1 is 1.13 bits per heavy atom. The number of carbonyl (C=O) groups is 1. The Kier molecular flexibility index (Phi) is 4.71. The summed E-state index contributed by atoms with van der Waals surface area (Å²) >= 11 is 2.21. The predicted octanol–water partition coefficient (Wildman–Crippen LogP) is 3.52. The number of para-hydroxylation sites is 1. The molecule has 0 aliphatic heterocycles. The van der Waals surface area contributed by atoms with Gasteiger partial charge in [-0.2, -0.15) is 0 Å². The van der Waals surface area contributed by atoms with Crippen LogP contribution < -0.4 is 4.74 Å². The van der Waals surface area contributed by atoms with Crippen molar-refractivity contribution in [2.45, 2.75) is 13.5 Å². The quantitative estimate of drug-likeness (QED) is 0.369. The number of ether oxygens (including phenoxy) is 1. The first kappa shape index (κ1) is 15.7. The summed E-state index contributed by atoms with van der Waals surface area (Å²) in [6.07, 6.45) is 0. The van der Waals surface area contributed by atoms with Crippen molar-refractivity contribution in [2.75, 3.05) is 0 Å². The van der Waals surface area contributed by atoms with Gasteiger partial charge in [-0.05, 0) is 40.3 Å². The van der Waals surface area contributed by atoms with Gasteiger partial charge in [0.25, 0.3) is 0 Å². The zero-order valence-electron chi connectivity index (χ0n) is 12.4. The third-order valence-corrected chi connectivity index (χ3v) is 4.31. The highest BCUT2D eigenvalue weighted by Crippen LogP contribution is 2.31. The number of carbonyl (C=O) groups excluding carboxylic acids is 1. The normalized spacial score (nSPS) is 10.5. The van der Waals surface area contributed by atoms with Gasteiger partial charge < -0.3 is 4.74 Å². The van der Waals surface area contributed by atoms with E-state index in [4.69, 9.17) is 4.74 Å². The van der Waals surface area contributed by atoms with Crippen LogP contribution in [-0.2, 0) is 11.3 Å². The van der Waals surface area contributed by atoms with Crippen LogP contribution in [0.25, 0.3) is 11.3 Å². The third-order valence-electron chi connectivity index (χ3n) is 3.25. The number of nitrogens with zero attached hydrogens (tertiary/aromatic N) is 3. The van der Waals surface area contributed by atoms with Crippen molar-refractivity contribution in [3.8, 4) is 17.0 Å². The Morgan fingerprint density at radius 3 is 2.57 bits per heavy atom. The highest BCUT2D eigenvalue weighted by atomic mass is 127. The van der Waals surface area contributed by atoms with E-state index in [9.17, 15) is 4.79 Å². The zero-order chi connectivity index (χ0) is 16.2. The van der Waals surface area contributed by atoms with Gasteiger partial charge >= 0.3 is 5.97 Å². The average Bonchev–Trinajstić information content (AvgIpc) is 2.89. The van der Waals surface area contributed by atoms with Crippen molar-refractivity contribution in [1.82, 2.24) is 15.0 Å². The zero-order valence-corrected chi connectivity index (χ0v) is 14.6. The van der Waals surface area contributed by atoms with Crippen molar-refractivity contribution < 1.29 is 9.53 Å². The molecule has 0 atom stereocenters. The maximum atomic E-state index is 11.3. The summed E-state index contributed by atoms with van der Waals surface area (Å²) in [4.78, 5) is 11.3. The van der Waals surface area contributed by atoms with E-state index in [1.807, 2.05) is 53.2 Å². The molecule has 0 amide bonds. The summed E-state index contributed by atoms with van der Waals surface area (Å²) in [5.74, 6) is 0.133. The number of hydrogen-bond donors (Lipinski definition) is 0. The Morgan fingerprint density at radius 2 is 1.83 bits per heavy atom. The summed E-state index contributed by atoms with van der Waals surface area (Å²) in [5.41, 5.74) is 2.61. The summed E-state index contributed by atoms with van der Waals surface area (Å²) in [7, 11) is 0. The van der Waals surface area contributed by atoms with E-state index in [1.165, 1.54) is 6.92 Å². The molecule has 0 saturated heterocycles. The average molecular weight is 419 g/mol. The second-order valence-corrected chi connectivity index (χ2v) is 5.98. The summed E-state index contributed by atoms with van der Waals surface area (Å²) < 4.78 is 7.99. The Bertz CT molecular complexity index is 831. The first-order valence-corrected chi connectivity index (χ1v) is 8.14. The minimum Gasteiger partial charge on any atom is -0.426 e. The van der Waals surface area contributed by atoms with Crippen LogP contribution in [0.3, 0.4) is 0 Å². The van der Waals surface area contributed by atoms with Crippen molar-refractivity contribution in [1.29, 1.82) is 0 Å². The fourth-order valence-electron chi connectivity index (χ4n) is 2.23. The number of rotatable bonds is 4. The molecule has 0 aliphatic carbocycles. The molecule has 2 aromatic carbocycles. The highest BCUT2D eigenvalue weighted by molar-refractivity contribution is 14.1. The summed E-state index contributed by atoms with van der Waals surface area (Å²) in [6.45, 7) is 2.02. The van der Waals surface area contributed by atoms with Crippen LogP contribution in [0, 0.1) is 3.70 Å². The van der Waals surface area contributed by atoms with Gasteiger partial charge in [0.1, 0.15) is 15.1 Å². The molecule has 3 rings (SSSR count). The van der Waals surface area contributed by atoms with Crippen LogP contribution in [0.1, 0.15) is 12.5 Å². The van der Waals surface area contributed by atoms with E-state index >= 15 is 0 Å². The third kappa shape index (κ3) is 3.58. The van der Waals surface area contributed by atoms with Gasteiger partial charge in [-0.15, -0.1) is 5.10 Å². The fraction of sp³-hybridized carbons (Fsp3) is 0.118. The number of benzene rings is 2. The smallest absolute Gasteiger partial charge is 0.308 e. The van der Waals surface area contributed by atoms with E-state index < -0.39 is 0 Å². The fourth-order valence-corrected chi connectivity index (χ4v) is 2.90. The van der Waals surface area contributed by atoms with E-state index in [2.05, 4.69) is 32.9 Å². The van der Waals surface area contributed by atoms with Crippen molar-refractivity contribution in [3.63, 3.8) is 0 Å². The topological polar surface area (TPSA) is 57.0 Å². The SMILES string of the molecule is CC(=O)Oc1ccccc1-c1nnn(Cc2ccccc2)c1I. The molecule has 1 heterocycles. The molecule has 0 aliphatic rings. The first-order valence-electron chi connectivity index (χ1n) is 7.06. The van der Waals surface area contributed by atoms with E-state index in [-0.39, 0.29) is 5.97 Å². The molecule has 3 aromatic rings. The Balaban J connectivity index is 1.95. The van der Waals surface area contributed by atoms with Crippen molar-refractivity contribution in [2.24, 2.45) is 0 Å². The van der Waals surface area contributed by atoms with Crippen LogP contribution in [0.2, 0.25) is 0 Å². The number of aromatic nitrogens is 3. The van der Waals surface area contributed by atoms with Gasteiger partial charge in [-0.25, -0.2) is 4.68 Å². The van der Waals surface area contributed by atoms with Gasteiger partial charge in [-0.1, -0.05) is 47.7 Å². The maximum Gasteiger partial charge on any atom is 0.308 e. The molecule has 5 nitrogen and oxygen atoms in total. The van der Waals surface area contributed by atoms with E-state index in [0.29, 0.717) is 18.0 Å². The monoisotopic (exact) mass is 419 g/mol. The molecule has 0 N–H and O–H groups in total. The largest absolute Gasteiger partial charge is 0.426 e. The lowest BCUT2D eigenvalue weighted by molar-refractivity contribution is -0.131. The van der Waals surface area contributed by atoms with Gasteiger partial charge in [-0.3, -0.25) is 4.79 Å². The number of hydrogen-bond acceptors (Lipinski definition) is 4. The van der Waals surface area contributed by atoms with Crippen LogP contribution in [0.4, 0.5) is 0 Å². The van der Waals surface area contributed by atoms with E-state index in [1.54, 1.807) is 6.07 Å². The molecule has 23 heavy (non-hydrogen) atoms. The van der Waals surface area contributed by atoms with Gasteiger partial charge in [0.05, 0.1) is 6.54 Å². The molecule has 0 saturated carbocycles. The minimum absolute atomic E-state index is 0.357. The Labute approximate surface area is 147 Å². The molecular weight excluding hydrogens is 405 g/mol. The molecule has 0 unspecified atom stereocenters. The van der Waals surface area contributed by atoms with Gasteiger partial charge in [0, 0.05) is 12.5 Å². The maximum absolute atomic E-state index is 11.3. The Hall–Kier alpha value is -2.22. The molecule has 0 spiro atoms. The van der Waals surface area contributed by atoms with E-state index in [0.717, 1.165) is 14.8 Å². The number of halogens is 1.